The van der Waals surface area contributed by atoms with Crippen LogP contribution in [0.4, 0.5) is 0 Å². The molecule has 0 spiro atoms. The molecule has 0 aliphatic heterocycles. The molecular weight excluding hydrogens is 190 g/mol. The molecular formula is C11H11N3O. The molecule has 2 heterocycles. The Kier molecular flexibility index (Phi) is 2.58. The van der Waals surface area contributed by atoms with Crippen molar-refractivity contribution in [3.8, 4) is 17.1 Å². The lowest BCUT2D eigenvalue weighted by Crippen LogP contribution is -1.95. The average Bonchev–Trinajstić information content (AvgIpc) is 2.30. The molecule has 0 unspecified atom stereocenters. The summed E-state index contributed by atoms with van der Waals surface area (Å²) in [5, 5.41) is 8.04. The van der Waals surface area contributed by atoms with E-state index >= 15 is 0 Å². The maximum absolute atomic E-state index is 5.05. The Bertz CT molecular complexity index is 457. The third kappa shape index (κ3) is 1.93. The van der Waals surface area contributed by atoms with E-state index in [0.717, 1.165) is 16.8 Å². The molecule has 0 amide bonds. The molecule has 0 radical (unpaired) electrons. The average molecular weight is 201 g/mol. The fraction of sp³-hybridized carbons (Fsp3) is 0.182. The van der Waals surface area contributed by atoms with Gasteiger partial charge in [-0.15, -0.1) is 10.2 Å². The Morgan fingerprint density at radius 1 is 1.27 bits per heavy atom. The van der Waals surface area contributed by atoms with Gasteiger partial charge in [0.2, 0.25) is 5.88 Å². The molecule has 0 aromatic carbocycles. The maximum atomic E-state index is 5.05. The highest BCUT2D eigenvalue weighted by Crippen LogP contribution is 2.19. The zero-order chi connectivity index (χ0) is 10.7. The molecule has 0 saturated heterocycles. The Hall–Kier alpha value is -1.97. The van der Waals surface area contributed by atoms with Gasteiger partial charge in [-0.05, 0) is 25.1 Å². The molecule has 2 aromatic heterocycles. The van der Waals surface area contributed by atoms with Crippen LogP contribution >= 0.6 is 0 Å². The maximum Gasteiger partial charge on any atom is 0.236 e. The van der Waals surface area contributed by atoms with Crippen LogP contribution in [0.25, 0.3) is 11.3 Å². The predicted molar refractivity (Wildman–Crippen MR) is 56.6 cm³/mol. The Balaban J connectivity index is 2.43. The van der Waals surface area contributed by atoms with Crippen molar-refractivity contribution in [1.82, 2.24) is 15.2 Å². The van der Waals surface area contributed by atoms with Crippen molar-refractivity contribution in [3.05, 3.63) is 36.2 Å². The van der Waals surface area contributed by atoms with Crippen LogP contribution < -0.4 is 4.74 Å². The number of aromatic nitrogens is 3. The Labute approximate surface area is 88.0 Å². The van der Waals surface area contributed by atoms with E-state index in [-0.39, 0.29) is 0 Å². The van der Waals surface area contributed by atoms with Gasteiger partial charge in [-0.3, -0.25) is 4.98 Å². The summed E-state index contributed by atoms with van der Waals surface area (Å²) < 4.78 is 5.05. The van der Waals surface area contributed by atoms with Gasteiger partial charge in [-0.2, -0.15) is 0 Å². The van der Waals surface area contributed by atoms with E-state index in [2.05, 4.69) is 15.2 Å². The van der Waals surface area contributed by atoms with Crippen molar-refractivity contribution in [2.24, 2.45) is 0 Å². The Morgan fingerprint density at radius 3 is 2.73 bits per heavy atom. The second-order valence-corrected chi connectivity index (χ2v) is 3.16. The topological polar surface area (TPSA) is 47.9 Å². The third-order valence-electron chi connectivity index (χ3n) is 2.09. The number of nitrogens with zero attached hydrogens (tertiary/aromatic N) is 3. The first-order valence-electron chi connectivity index (χ1n) is 4.60. The first-order chi connectivity index (χ1) is 7.31. The number of ether oxygens (including phenoxy) is 1. The van der Waals surface area contributed by atoms with Crippen molar-refractivity contribution in [2.45, 2.75) is 6.92 Å². The molecule has 0 fully saturated rings. The summed E-state index contributed by atoms with van der Waals surface area (Å²) in [5.74, 6) is 0.558. The minimum atomic E-state index is 0.558. The lowest BCUT2D eigenvalue weighted by atomic mass is 10.2. The first kappa shape index (κ1) is 9.58. The van der Waals surface area contributed by atoms with Gasteiger partial charge in [0, 0.05) is 23.5 Å². The van der Waals surface area contributed by atoms with Crippen LogP contribution in [-0.4, -0.2) is 22.3 Å². The number of methoxy groups -OCH3 is 1. The van der Waals surface area contributed by atoms with Crippen molar-refractivity contribution in [2.75, 3.05) is 7.11 Å². The van der Waals surface area contributed by atoms with E-state index < -0.39 is 0 Å². The number of rotatable bonds is 2. The van der Waals surface area contributed by atoms with E-state index in [4.69, 9.17) is 4.74 Å². The van der Waals surface area contributed by atoms with Gasteiger partial charge in [0.05, 0.1) is 12.8 Å². The lowest BCUT2D eigenvalue weighted by Gasteiger charge is -2.04. The highest BCUT2D eigenvalue weighted by atomic mass is 16.5. The molecule has 0 N–H and O–H groups in total. The quantitative estimate of drug-likeness (QED) is 0.744. The fourth-order valence-electron chi connectivity index (χ4n) is 1.33. The summed E-state index contributed by atoms with van der Waals surface area (Å²) in [5.41, 5.74) is 2.73. The Morgan fingerprint density at radius 2 is 2.13 bits per heavy atom. The van der Waals surface area contributed by atoms with Crippen molar-refractivity contribution in [1.29, 1.82) is 0 Å². The molecule has 2 aromatic rings. The van der Waals surface area contributed by atoms with Gasteiger partial charge >= 0.3 is 0 Å². The van der Waals surface area contributed by atoms with Crippen molar-refractivity contribution >= 4 is 0 Å². The zero-order valence-corrected chi connectivity index (χ0v) is 8.64. The molecule has 2 rings (SSSR count). The summed E-state index contributed by atoms with van der Waals surface area (Å²) in [6.45, 7) is 1.94. The SMILES string of the molecule is COc1nnc(-c2cccnc2)cc1C. The molecule has 0 bridgehead atoms. The third-order valence-corrected chi connectivity index (χ3v) is 2.09. The smallest absolute Gasteiger partial charge is 0.236 e. The summed E-state index contributed by atoms with van der Waals surface area (Å²) in [4.78, 5) is 4.03. The van der Waals surface area contributed by atoms with Crippen LogP contribution in [0.1, 0.15) is 5.56 Å². The van der Waals surface area contributed by atoms with Crippen LogP contribution in [0, 0.1) is 6.92 Å². The van der Waals surface area contributed by atoms with Gasteiger partial charge in [-0.1, -0.05) is 0 Å². The first-order valence-corrected chi connectivity index (χ1v) is 4.60. The van der Waals surface area contributed by atoms with Gasteiger partial charge in [0.25, 0.3) is 0 Å². The van der Waals surface area contributed by atoms with Gasteiger partial charge < -0.3 is 4.74 Å². The van der Waals surface area contributed by atoms with E-state index in [9.17, 15) is 0 Å². The predicted octanol–water partition coefficient (Wildman–Crippen LogP) is 1.86. The number of pyridine rings is 1. The highest BCUT2D eigenvalue weighted by Gasteiger charge is 2.04. The van der Waals surface area contributed by atoms with Crippen molar-refractivity contribution in [3.63, 3.8) is 0 Å². The summed E-state index contributed by atoms with van der Waals surface area (Å²) in [7, 11) is 1.58. The van der Waals surface area contributed by atoms with Crippen LogP contribution in [0.2, 0.25) is 0 Å². The standard InChI is InChI=1S/C11H11N3O/c1-8-6-10(13-14-11(8)15-2)9-4-3-5-12-7-9/h3-7H,1-2H3. The second-order valence-electron chi connectivity index (χ2n) is 3.16. The molecule has 0 atom stereocenters. The summed E-state index contributed by atoms with van der Waals surface area (Å²) >= 11 is 0. The van der Waals surface area contributed by atoms with Crippen molar-refractivity contribution < 1.29 is 4.74 Å². The summed E-state index contributed by atoms with van der Waals surface area (Å²) in [6.07, 6.45) is 3.49. The highest BCUT2D eigenvalue weighted by molar-refractivity contribution is 5.58. The number of hydrogen-bond donors (Lipinski definition) is 0. The molecule has 76 valence electrons. The van der Waals surface area contributed by atoms with E-state index in [1.165, 1.54) is 0 Å². The van der Waals surface area contributed by atoms with Gasteiger partial charge in [0.15, 0.2) is 0 Å². The second kappa shape index (κ2) is 4.04. The van der Waals surface area contributed by atoms with Gasteiger partial charge in [-0.25, -0.2) is 0 Å². The minimum Gasteiger partial charge on any atom is -0.480 e. The lowest BCUT2D eigenvalue weighted by molar-refractivity contribution is 0.389. The molecule has 4 nitrogen and oxygen atoms in total. The van der Waals surface area contributed by atoms with Crippen LogP contribution in [-0.2, 0) is 0 Å². The molecule has 0 aliphatic carbocycles. The fourth-order valence-corrected chi connectivity index (χ4v) is 1.33. The number of aryl methyl sites for hydroxylation is 1. The van der Waals surface area contributed by atoms with Gasteiger partial charge in [0.1, 0.15) is 0 Å². The largest absolute Gasteiger partial charge is 0.480 e. The monoisotopic (exact) mass is 201 g/mol. The summed E-state index contributed by atoms with van der Waals surface area (Å²) in [6, 6.07) is 5.75. The molecule has 0 saturated carbocycles. The zero-order valence-electron chi connectivity index (χ0n) is 8.64. The molecule has 4 heteroatoms. The van der Waals surface area contributed by atoms with E-state index in [1.54, 1.807) is 19.5 Å². The van der Waals surface area contributed by atoms with Crippen LogP contribution in [0.15, 0.2) is 30.6 Å². The normalized spacial score (nSPS) is 10.0. The molecule has 15 heavy (non-hydrogen) atoms. The molecule has 0 aliphatic rings. The van der Waals surface area contributed by atoms with E-state index in [1.807, 2.05) is 25.1 Å². The number of hydrogen-bond acceptors (Lipinski definition) is 4. The minimum absolute atomic E-state index is 0.558. The van der Waals surface area contributed by atoms with E-state index in [0.29, 0.717) is 5.88 Å². The van der Waals surface area contributed by atoms with Crippen LogP contribution in [0.3, 0.4) is 0 Å². The van der Waals surface area contributed by atoms with Crippen LogP contribution in [0.5, 0.6) is 5.88 Å².